The Morgan fingerprint density at radius 3 is 2.05 bits per heavy atom. The molecule has 1 saturated carbocycles. The van der Waals surface area contributed by atoms with Gasteiger partial charge in [0.15, 0.2) is 5.82 Å². The Hall–Kier alpha value is -3.53. The van der Waals surface area contributed by atoms with Gasteiger partial charge in [0.25, 0.3) is 11.8 Å². The molecule has 1 aliphatic heterocycles. The lowest BCUT2D eigenvalue weighted by molar-refractivity contribution is 0.0142. The molecule has 1 aliphatic carbocycles. The zero-order valence-corrected chi connectivity index (χ0v) is 23.6. The van der Waals surface area contributed by atoms with Crippen LogP contribution < -0.4 is 0 Å². The van der Waals surface area contributed by atoms with Crippen LogP contribution >= 0.6 is 0 Å². The highest BCUT2D eigenvalue weighted by molar-refractivity contribution is 5.95. The topological polar surface area (TPSA) is 105 Å². The van der Waals surface area contributed by atoms with Gasteiger partial charge in [0, 0.05) is 69.4 Å². The number of piperidine rings is 1. The van der Waals surface area contributed by atoms with E-state index < -0.39 is 5.60 Å². The molecule has 0 unspecified atom stereocenters. The summed E-state index contributed by atoms with van der Waals surface area (Å²) in [5.74, 6) is 0.333. The number of amides is 3. The smallest absolute Gasteiger partial charge is 0.410 e. The van der Waals surface area contributed by atoms with Crippen LogP contribution in [0, 0.1) is 0 Å². The van der Waals surface area contributed by atoms with Crippen LogP contribution in [0.15, 0.2) is 36.7 Å². The second-order valence-electron chi connectivity index (χ2n) is 11.2. The van der Waals surface area contributed by atoms with Crippen LogP contribution in [0.3, 0.4) is 0 Å². The van der Waals surface area contributed by atoms with Crippen molar-refractivity contribution in [3.63, 3.8) is 0 Å². The van der Waals surface area contributed by atoms with E-state index in [9.17, 15) is 14.4 Å². The van der Waals surface area contributed by atoms with Crippen molar-refractivity contribution in [3.8, 4) is 11.4 Å². The fraction of sp³-hybridized carbons (Fsp3) is 0.552. The first kappa shape index (κ1) is 28.5. The van der Waals surface area contributed by atoms with Gasteiger partial charge < -0.3 is 24.2 Å². The van der Waals surface area contributed by atoms with E-state index in [2.05, 4.69) is 9.97 Å². The lowest BCUT2D eigenvalue weighted by Gasteiger charge is -2.39. The molecule has 10 nitrogen and oxygen atoms in total. The van der Waals surface area contributed by atoms with E-state index in [1.807, 2.05) is 37.8 Å². The van der Waals surface area contributed by atoms with Gasteiger partial charge in [-0.15, -0.1) is 0 Å². The van der Waals surface area contributed by atoms with Gasteiger partial charge in [0.1, 0.15) is 5.60 Å². The van der Waals surface area contributed by atoms with Crippen molar-refractivity contribution in [2.75, 3.05) is 40.4 Å². The van der Waals surface area contributed by atoms with Gasteiger partial charge in [-0.05, 0) is 58.6 Å². The number of hydrogen-bond acceptors (Lipinski definition) is 7. The van der Waals surface area contributed by atoms with E-state index in [4.69, 9.17) is 9.47 Å². The molecule has 1 saturated heterocycles. The maximum Gasteiger partial charge on any atom is 0.410 e. The van der Waals surface area contributed by atoms with Crippen molar-refractivity contribution in [1.82, 2.24) is 24.7 Å². The average Bonchev–Trinajstić information content (AvgIpc) is 3.76. The van der Waals surface area contributed by atoms with Crippen LogP contribution in [-0.2, 0) is 9.47 Å². The molecule has 39 heavy (non-hydrogen) atoms. The first-order valence-corrected chi connectivity index (χ1v) is 13.5. The number of carbonyl (C=O) groups is 3. The Bertz CT molecular complexity index is 1150. The van der Waals surface area contributed by atoms with E-state index in [1.165, 1.54) is 0 Å². The summed E-state index contributed by atoms with van der Waals surface area (Å²) in [6.45, 7) is 7.69. The van der Waals surface area contributed by atoms with Gasteiger partial charge in [-0.2, -0.15) is 0 Å². The molecular weight excluding hydrogens is 498 g/mol. The number of nitrogens with zero attached hydrogens (tertiary/aromatic N) is 5. The average molecular weight is 538 g/mol. The van der Waals surface area contributed by atoms with Crippen molar-refractivity contribution < 1.29 is 23.9 Å². The summed E-state index contributed by atoms with van der Waals surface area (Å²) >= 11 is 0. The third-order valence-corrected chi connectivity index (χ3v) is 6.95. The molecular formula is C29H39N5O5. The molecule has 0 spiro atoms. The Kier molecular flexibility index (Phi) is 8.84. The Morgan fingerprint density at radius 1 is 0.923 bits per heavy atom. The van der Waals surface area contributed by atoms with E-state index in [1.54, 1.807) is 48.5 Å². The number of hydrogen-bond donors (Lipinski definition) is 0. The van der Waals surface area contributed by atoms with Gasteiger partial charge in [-0.3, -0.25) is 9.59 Å². The maximum absolute atomic E-state index is 13.5. The molecule has 0 N–H and O–H groups in total. The summed E-state index contributed by atoms with van der Waals surface area (Å²) in [4.78, 5) is 52.8. The number of likely N-dealkylation sites (tertiary alicyclic amines) is 1. The normalized spacial score (nSPS) is 16.1. The van der Waals surface area contributed by atoms with Gasteiger partial charge in [-0.25, -0.2) is 14.8 Å². The fourth-order valence-corrected chi connectivity index (χ4v) is 4.68. The molecule has 0 radical (unpaired) electrons. The zero-order chi connectivity index (χ0) is 28.2. The van der Waals surface area contributed by atoms with Crippen LogP contribution in [0.2, 0.25) is 0 Å². The highest BCUT2D eigenvalue weighted by Gasteiger charge is 2.40. The largest absolute Gasteiger partial charge is 0.444 e. The van der Waals surface area contributed by atoms with Crippen molar-refractivity contribution in [2.45, 2.75) is 64.1 Å². The number of carbonyl (C=O) groups excluding carboxylic acids is 3. The first-order chi connectivity index (χ1) is 18.6. The van der Waals surface area contributed by atoms with Gasteiger partial charge >= 0.3 is 6.09 Å². The molecule has 4 rings (SSSR count). The number of ether oxygens (including phenoxy) is 2. The maximum atomic E-state index is 13.5. The summed E-state index contributed by atoms with van der Waals surface area (Å²) in [5, 5.41) is 0. The van der Waals surface area contributed by atoms with E-state index >= 15 is 0 Å². The molecule has 2 aliphatic rings. The summed E-state index contributed by atoms with van der Waals surface area (Å²) in [7, 11) is 3.34. The Labute approximate surface area is 230 Å². The number of likely N-dealkylation sites (N-methyl/N-ethyl adjacent to an activating group) is 1. The molecule has 2 aromatic rings. The Morgan fingerprint density at radius 2 is 1.51 bits per heavy atom. The molecule has 0 bridgehead atoms. The van der Waals surface area contributed by atoms with Gasteiger partial charge in [0.2, 0.25) is 0 Å². The minimum Gasteiger partial charge on any atom is -0.444 e. The highest BCUT2D eigenvalue weighted by atomic mass is 16.6. The quantitative estimate of drug-likeness (QED) is 0.503. The molecule has 210 valence electrons. The summed E-state index contributed by atoms with van der Waals surface area (Å²) < 4.78 is 10.5. The van der Waals surface area contributed by atoms with Crippen LogP contribution in [0.25, 0.3) is 11.4 Å². The van der Waals surface area contributed by atoms with Gasteiger partial charge in [-0.1, -0.05) is 12.1 Å². The van der Waals surface area contributed by atoms with E-state index in [-0.39, 0.29) is 30.0 Å². The van der Waals surface area contributed by atoms with Crippen molar-refractivity contribution >= 4 is 17.9 Å². The predicted molar refractivity (Wildman–Crippen MR) is 146 cm³/mol. The number of benzene rings is 1. The third kappa shape index (κ3) is 7.32. The molecule has 0 atom stereocenters. The molecule has 10 heteroatoms. The summed E-state index contributed by atoms with van der Waals surface area (Å²) in [6.07, 6.45) is 6.26. The molecule has 2 heterocycles. The molecule has 3 amide bonds. The number of aromatic nitrogens is 2. The van der Waals surface area contributed by atoms with Crippen LogP contribution in [0.1, 0.15) is 67.2 Å². The lowest BCUT2D eigenvalue weighted by atomic mass is 10.0. The Balaban J connectivity index is 1.38. The highest BCUT2D eigenvalue weighted by Crippen LogP contribution is 2.33. The number of methoxy groups -OCH3 is 1. The number of rotatable bonds is 8. The van der Waals surface area contributed by atoms with E-state index in [0.717, 1.165) is 18.4 Å². The zero-order valence-electron chi connectivity index (χ0n) is 23.6. The van der Waals surface area contributed by atoms with Crippen molar-refractivity contribution in [2.24, 2.45) is 0 Å². The second-order valence-corrected chi connectivity index (χ2v) is 11.2. The fourth-order valence-electron chi connectivity index (χ4n) is 4.68. The standard InChI is InChI=1S/C29H39N5O5/c1-29(2,3)39-28(37)33-14-12-24(13-15-33)34(23-10-11-23)27(36)22-18-30-25(31-19-22)20-6-8-21(9-7-20)26(35)32(4)16-17-38-5/h6-9,18-19,23-24H,10-17H2,1-5H3. The third-order valence-electron chi connectivity index (χ3n) is 6.95. The first-order valence-electron chi connectivity index (χ1n) is 13.5. The monoisotopic (exact) mass is 537 g/mol. The minimum atomic E-state index is -0.531. The van der Waals surface area contributed by atoms with E-state index in [0.29, 0.717) is 56.0 Å². The molecule has 1 aromatic heterocycles. The van der Waals surface area contributed by atoms with Crippen LogP contribution in [0.4, 0.5) is 4.79 Å². The summed E-state index contributed by atoms with van der Waals surface area (Å²) in [6, 6.07) is 7.41. The van der Waals surface area contributed by atoms with Gasteiger partial charge in [0.05, 0.1) is 12.2 Å². The summed E-state index contributed by atoms with van der Waals surface area (Å²) in [5.41, 5.74) is 1.25. The predicted octanol–water partition coefficient (Wildman–Crippen LogP) is 3.87. The van der Waals surface area contributed by atoms with Crippen molar-refractivity contribution in [3.05, 3.63) is 47.8 Å². The SMILES string of the molecule is COCCN(C)C(=O)c1ccc(-c2ncc(C(=O)N(C3CC3)C3CCN(C(=O)OC(C)(C)C)CC3)cn2)cc1. The molecule has 1 aromatic carbocycles. The lowest BCUT2D eigenvalue weighted by Crippen LogP contribution is -2.50. The second kappa shape index (κ2) is 12.1. The molecule has 2 fully saturated rings. The van der Waals surface area contributed by atoms with Crippen molar-refractivity contribution in [1.29, 1.82) is 0 Å². The minimum absolute atomic E-state index is 0.0652. The van der Waals surface area contributed by atoms with Crippen LogP contribution in [0.5, 0.6) is 0 Å². The van der Waals surface area contributed by atoms with Crippen LogP contribution in [-0.4, -0.2) is 101 Å².